The molecule has 28 heavy (non-hydrogen) atoms. The van der Waals surface area contributed by atoms with Crippen LogP contribution in [0.1, 0.15) is 21.7 Å². The van der Waals surface area contributed by atoms with Crippen molar-refractivity contribution in [3.63, 3.8) is 0 Å². The van der Waals surface area contributed by atoms with Crippen LogP contribution in [0, 0.1) is 12.7 Å². The number of carbonyl (C=O) groups is 1. The lowest BCUT2D eigenvalue weighted by Gasteiger charge is -2.19. The van der Waals surface area contributed by atoms with Gasteiger partial charge in [-0.25, -0.2) is 9.37 Å². The maximum Gasteiger partial charge on any atom is 0.260 e. The number of rotatable bonds is 5. The molecule has 4 aromatic rings. The van der Waals surface area contributed by atoms with Gasteiger partial charge in [-0.2, -0.15) is 0 Å². The van der Waals surface area contributed by atoms with E-state index >= 15 is 0 Å². The van der Waals surface area contributed by atoms with Crippen LogP contribution in [0.3, 0.4) is 0 Å². The third kappa shape index (κ3) is 3.87. The number of anilines is 1. The van der Waals surface area contributed by atoms with E-state index in [0.29, 0.717) is 10.9 Å². The second-order valence-corrected chi connectivity index (χ2v) is 7.20. The lowest BCUT2D eigenvalue weighted by atomic mass is 10.1. The highest BCUT2D eigenvalue weighted by Crippen LogP contribution is 2.30. The summed E-state index contributed by atoms with van der Waals surface area (Å²) in [6.45, 7) is 2.24. The molecule has 0 fully saturated rings. The highest BCUT2D eigenvalue weighted by atomic mass is 32.1. The minimum Gasteiger partial charge on any atom is -0.467 e. The van der Waals surface area contributed by atoms with Crippen molar-refractivity contribution in [3.05, 3.63) is 95.0 Å². The molecule has 0 saturated carbocycles. The Morgan fingerprint density at radius 2 is 1.96 bits per heavy atom. The van der Waals surface area contributed by atoms with Crippen molar-refractivity contribution in [2.45, 2.75) is 13.5 Å². The van der Waals surface area contributed by atoms with Crippen molar-refractivity contribution in [2.24, 2.45) is 0 Å². The molecule has 0 N–H and O–H groups in total. The summed E-state index contributed by atoms with van der Waals surface area (Å²) in [6, 6.07) is 17.2. The number of halogens is 1. The van der Waals surface area contributed by atoms with E-state index in [1.165, 1.54) is 40.0 Å². The van der Waals surface area contributed by atoms with Gasteiger partial charge < -0.3 is 4.42 Å². The minimum atomic E-state index is -0.455. The first-order valence-electron chi connectivity index (χ1n) is 8.72. The van der Waals surface area contributed by atoms with Gasteiger partial charge >= 0.3 is 0 Å². The third-order valence-electron chi connectivity index (χ3n) is 4.28. The summed E-state index contributed by atoms with van der Waals surface area (Å²) in [5.74, 6) is -0.166. The molecular weight excluding hydrogens is 375 g/mol. The Morgan fingerprint density at radius 3 is 2.68 bits per heavy atom. The second kappa shape index (κ2) is 7.78. The molecule has 4 rings (SSSR count). The van der Waals surface area contributed by atoms with Gasteiger partial charge in [-0.3, -0.25) is 9.69 Å². The van der Waals surface area contributed by atoms with Crippen molar-refractivity contribution in [1.29, 1.82) is 0 Å². The molecular formula is C22H17FN2O2S. The van der Waals surface area contributed by atoms with Crippen LogP contribution in [0.15, 0.2) is 76.7 Å². The summed E-state index contributed by atoms with van der Waals surface area (Å²) in [4.78, 5) is 19.3. The number of aromatic nitrogens is 1. The van der Waals surface area contributed by atoms with Gasteiger partial charge in [0.05, 0.1) is 18.5 Å². The predicted molar refractivity (Wildman–Crippen MR) is 108 cm³/mol. The summed E-state index contributed by atoms with van der Waals surface area (Å²) < 4.78 is 19.0. The molecule has 140 valence electrons. The zero-order chi connectivity index (χ0) is 19.5. The Labute approximate surface area is 165 Å². The maximum atomic E-state index is 13.6. The molecule has 6 heteroatoms. The van der Waals surface area contributed by atoms with Gasteiger partial charge in [0, 0.05) is 16.5 Å². The summed E-state index contributed by atoms with van der Waals surface area (Å²) in [7, 11) is 0. The molecule has 0 bridgehead atoms. The van der Waals surface area contributed by atoms with E-state index in [4.69, 9.17) is 4.42 Å². The quantitative estimate of drug-likeness (QED) is 0.438. The van der Waals surface area contributed by atoms with Gasteiger partial charge in [0.15, 0.2) is 5.13 Å². The van der Waals surface area contributed by atoms with Crippen LogP contribution >= 0.6 is 11.3 Å². The molecule has 2 aromatic heterocycles. The minimum absolute atomic E-state index is 0.212. The normalized spacial score (nSPS) is 10.8. The van der Waals surface area contributed by atoms with Crippen molar-refractivity contribution in [2.75, 3.05) is 4.90 Å². The lowest BCUT2D eigenvalue weighted by molar-refractivity contribution is 0.0983. The van der Waals surface area contributed by atoms with Crippen molar-refractivity contribution in [3.8, 4) is 11.3 Å². The third-order valence-corrected chi connectivity index (χ3v) is 5.14. The van der Waals surface area contributed by atoms with Crippen LogP contribution in [-0.2, 0) is 6.54 Å². The Bertz CT molecular complexity index is 1090. The highest BCUT2D eigenvalue weighted by Gasteiger charge is 2.23. The average Bonchev–Trinajstić information content (AvgIpc) is 3.38. The van der Waals surface area contributed by atoms with Gasteiger partial charge in [0.1, 0.15) is 11.6 Å². The van der Waals surface area contributed by atoms with Crippen molar-refractivity contribution < 1.29 is 13.6 Å². The largest absolute Gasteiger partial charge is 0.467 e. The number of benzene rings is 2. The monoisotopic (exact) mass is 392 g/mol. The number of carbonyl (C=O) groups excluding carboxylic acids is 1. The molecule has 0 radical (unpaired) electrons. The van der Waals surface area contributed by atoms with E-state index in [0.717, 1.165) is 11.3 Å². The predicted octanol–water partition coefficient (Wildman–Crippen LogP) is 5.70. The summed E-state index contributed by atoms with van der Waals surface area (Å²) in [5.41, 5.74) is 3.19. The van der Waals surface area contributed by atoms with E-state index in [9.17, 15) is 9.18 Å². The zero-order valence-electron chi connectivity index (χ0n) is 15.1. The number of amides is 1. The van der Waals surface area contributed by atoms with E-state index < -0.39 is 5.82 Å². The van der Waals surface area contributed by atoms with E-state index in [-0.39, 0.29) is 18.0 Å². The molecule has 0 spiro atoms. The molecule has 2 aromatic carbocycles. The van der Waals surface area contributed by atoms with Crippen LogP contribution in [0.2, 0.25) is 0 Å². The average molecular weight is 392 g/mol. The summed E-state index contributed by atoms with van der Waals surface area (Å²) in [5, 5.41) is 2.44. The van der Waals surface area contributed by atoms with Crippen LogP contribution < -0.4 is 4.90 Å². The summed E-state index contributed by atoms with van der Waals surface area (Å²) in [6.07, 6.45) is 1.56. The van der Waals surface area contributed by atoms with Gasteiger partial charge in [0.25, 0.3) is 5.91 Å². The van der Waals surface area contributed by atoms with Crippen molar-refractivity contribution in [1.82, 2.24) is 4.98 Å². The number of hydrogen-bond donors (Lipinski definition) is 0. The molecule has 1 amide bonds. The van der Waals surface area contributed by atoms with Crippen LogP contribution in [-0.4, -0.2) is 10.9 Å². The fraction of sp³-hybridized carbons (Fsp3) is 0.0909. The number of nitrogens with zero attached hydrogens (tertiary/aromatic N) is 2. The fourth-order valence-corrected chi connectivity index (χ4v) is 3.64. The highest BCUT2D eigenvalue weighted by molar-refractivity contribution is 7.14. The standard InChI is InChI=1S/C22H17FN2O2S/c1-15-7-9-16(10-8-15)20-14-28-22(24-20)25(13-19-6-3-11-27-19)21(26)17-4-2-5-18(23)12-17/h2-12,14H,13H2,1H3. The first-order valence-corrected chi connectivity index (χ1v) is 9.60. The molecule has 2 heterocycles. The molecule has 4 nitrogen and oxygen atoms in total. The molecule has 0 saturated heterocycles. The molecule has 0 aliphatic carbocycles. The van der Waals surface area contributed by atoms with Crippen LogP contribution in [0.5, 0.6) is 0 Å². The topological polar surface area (TPSA) is 46.3 Å². The summed E-state index contributed by atoms with van der Waals surface area (Å²) >= 11 is 1.36. The number of hydrogen-bond acceptors (Lipinski definition) is 4. The lowest BCUT2D eigenvalue weighted by Crippen LogP contribution is -2.30. The van der Waals surface area contributed by atoms with Crippen molar-refractivity contribution >= 4 is 22.4 Å². The number of thiazole rings is 1. The molecule has 0 aliphatic rings. The Balaban J connectivity index is 1.69. The van der Waals surface area contributed by atoms with Gasteiger partial charge in [-0.15, -0.1) is 11.3 Å². The van der Waals surface area contributed by atoms with E-state index in [2.05, 4.69) is 4.98 Å². The maximum absolute atomic E-state index is 13.6. The fourth-order valence-electron chi connectivity index (χ4n) is 2.81. The van der Waals surface area contributed by atoms with Crippen LogP contribution in [0.25, 0.3) is 11.3 Å². The first-order chi connectivity index (χ1) is 13.6. The smallest absolute Gasteiger partial charge is 0.260 e. The van der Waals surface area contributed by atoms with Gasteiger partial charge in [-0.05, 0) is 37.3 Å². The molecule has 0 unspecified atom stereocenters. The second-order valence-electron chi connectivity index (χ2n) is 6.36. The zero-order valence-corrected chi connectivity index (χ0v) is 15.9. The molecule has 0 atom stereocenters. The first kappa shape index (κ1) is 18.1. The van der Waals surface area contributed by atoms with Gasteiger partial charge in [-0.1, -0.05) is 35.9 Å². The SMILES string of the molecule is Cc1ccc(-c2csc(N(Cc3ccco3)C(=O)c3cccc(F)c3)n2)cc1. The van der Waals surface area contributed by atoms with E-state index in [1.807, 2.05) is 36.6 Å². The van der Waals surface area contributed by atoms with Crippen LogP contribution in [0.4, 0.5) is 9.52 Å². The number of aryl methyl sites for hydroxylation is 1. The van der Waals surface area contributed by atoms with E-state index in [1.54, 1.807) is 24.5 Å². The Kier molecular flexibility index (Phi) is 5.04. The Hall–Kier alpha value is -3.25. The van der Waals surface area contributed by atoms with Gasteiger partial charge in [0.2, 0.25) is 0 Å². The molecule has 0 aliphatic heterocycles. The Morgan fingerprint density at radius 1 is 1.14 bits per heavy atom. The number of furan rings is 1.